The summed E-state index contributed by atoms with van der Waals surface area (Å²) < 4.78 is 28.3. The van der Waals surface area contributed by atoms with E-state index in [9.17, 15) is 18.0 Å². The molecule has 0 aliphatic carbocycles. The summed E-state index contributed by atoms with van der Waals surface area (Å²) in [4.78, 5) is 24.7. The number of amides is 1. The molecule has 0 spiro atoms. The predicted molar refractivity (Wildman–Crippen MR) is 95.5 cm³/mol. The highest BCUT2D eigenvalue weighted by Gasteiger charge is 2.31. The molecule has 0 bridgehead atoms. The van der Waals surface area contributed by atoms with Crippen molar-refractivity contribution in [3.63, 3.8) is 0 Å². The van der Waals surface area contributed by atoms with Crippen molar-refractivity contribution < 1.29 is 22.7 Å². The number of fused-ring (bicyclic) bond motifs is 1. The van der Waals surface area contributed by atoms with Gasteiger partial charge in [-0.3, -0.25) is 4.79 Å². The summed E-state index contributed by atoms with van der Waals surface area (Å²) >= 11 is 0. The average Bonchev–Trinajstić information content (AvgIpc) is 2.61. The van der Waals surface area contributed by atoms with E-state index in [0.717, 1.165) is 17.4 Å². The predicted octanol–water partition coefficient (Wildman–Crippen LogP) is 2.05. The first-order valence-corrected chi connectivity index (χ1v) is 10.0. The van der Waals surface area contributed by atoms with Gasteiger partial charge in [-0.15, -0.1) is 0 Å². The third-order valence-electron chi connectivity index (χ3n) is 4.35. The molecule has 2 aromatic carbocycles. The summed E-state index contributed by atoms with van der Waals surface area (Å²) in [5.74, 6) is -0.885. The standard InChI is InChI=1S/C19H19NO5S/c1-12(13-7-9-15(10-8-13)26(2,23)24)20-18(21)17-11-14-5-3-4-6-16(14)19(22)25-17/h3-10,12,17H,11H2,1-2H3,(H,20,21)/t12-,17+/m1/s1. The summed E-state index contributed by atoms with van der Waals surface area (Å²) in [6.07, 6.45) is 0.589. The van der Waals surface area contributed by atoms with Gasteiger partial charge in [0.1, 0.15) is 0 Å². The number of hydrogen-bond donors (Lipinski definition) is 1. The van der Waals surface area contributed by atoms with Crippen LogP contribution in [0.1, 0.15) is 34.5 Å². The van der Waals surface area contributed by atoms with E-state index in [-0.39, 0.29) is 16.8 Å². The number of cyclic esters (lactones) is 1. The lowest BCUT2D eigenvalue weighted by molar-refractivity contribution is -0.131. The fourth-order valence-electron chi connectivity index (χ4n) is 2.87. The van der Waals surface area contributed by atoms with Gasteiger partial charge in [0.15, 0.2) is 15.9 Å². The molecule has 1 heterocycles. The monoisotopic (exact) mass is 373 g/mol. The molecule has 0 saturated heterocycles. The number of hydrogen-bond acceptors (Lipinski definition) is 5. The Labute approximate surface area is 152 Å². The second-order valence-corrected chi connectivity index (χ2v) is 8.34. The van der Waals surface area contributed by atoms with E-state index in [1.807, 2.05) is 12.1 Å². The maximum atomic E-state index is 12.5. The summed E-state index contributed by atoms with van der Waals surface area (Å²) in [5, 5.41) is 2.81. The van der Waals surface area contributed by atoms with Gasteiger partial charge in [-0.05, 0) is 36.2 Å². The van der Waals surface area contributed by atoms with E-state index >= 15 is 0 Å². The van der Waals surface area contributed by atoms with Crippen molar-refractivity contribution in [1.82, 2.24) is 5.32 Å². The van der Waals surface area contributed by atoms with Gasteiger partial charge in [0, 0.05) is 12.7 Å². The minimum absolute atomic E-state index is 0.220. The van der Waals surface area contributed by atoms with Gasteiger partial charge < -0.3 is 10.1 Å². The Balaban J connectivity index is 1.69. The molecule has 136 valence electrons. The minimum Gasteiger partial charge on any atom is -0.448 e. The number of nitrogens with one attached hydrogen (secondary N) is 1. The maximum Gasteiger partial charge on any atom is 0.339 e. The van der Waals surface area contributed by atoms with Crippen LogP contribution in [0.5, 0.6) is 0 Å². The Bertz CT molecular complexity index is 950. The molecule has 0 saturated carbocycles. The van der Waals surface area contributed by atoms with Crippen LogP contribution in [0.4, 0.5) is 0 Å². The smallest absolute Gasteiger partial charge is 0.339 e. The first-order chi connectivity index (χ1) is 12.3. The molecule has 0 fully saturated rings. The van der Waals surface area contributed by atoms with Crippen molar-refractivity contribution in [2.45, 2.75) is 30.4 Å². The number of benzene rings is 2. The third kappa shape index (κ3) is 3.77. The van der Waals surface area contributed by atoms with Gasteiger partial charge in [0.2, 0.25) is 0 Å². The molecular formula is C19H19NO5S. The zero-order chi connectivity index (χ0) is 18.9. The molecule has 7 heteroatoms. The summed E-state index contributed by atoms with van der Waals surface area (Å²) in [6.45, 7) is 1.78. The number of esters is 1. The number of ether oxygens (including phenoxy) is 1. The lowest BCUT2D eigenvalue weighted by atomic mass is 9.98. The number of carbonyl (C=O) groups is 2. The second kappa shape index (κ2) is 6.92. The number of sulfone groups is 1. The first kappa shape index (κ1) is 18.1. The van der Waals surface area contributed by atoms with Crippen LogP contribution in [-0.2, 0) is 25.8 Å². The van der Waals surface area contributed by atoms with Gasteiger partial charge in [-0.25, -0.2) is 13.2 Å². The lowest BCUT2D eigenvalue weighted by Crippen LogP contribution is -2.42. The zero-order valence-corrected chi connectivity index (χ0v) is 15.2. The molecule has 26 heavy (non-hydrogen) atoms. The van der Waals surface area contributed by atoms with Gasteiger partial charge in [-0.1, -0.05) is 30.3 Å². The van der Waals surface area contributed by atoms with Crippen LogP contribution >= 0.6 is 0 Å². The van der Waals surface area contributed by atoms with Crippen LogP contribution in [0.2, 0.25) is 0 Å². The first-order valence-electron chi connectivity index (χ1n) is 8.15. The molecule has 1 N–H and O–H groups in total. The Morgan fingerprint density at radius 2 is 1.81 bits per heavy atom. The molecule has 1 amide bonds. The molecule has 0 aromatic heterocycles. The Morgan fingerprint density at radius 1 is 1.15 bits per heavy atom. The van der Waals surface area contributed by atoms with Crippen LogP contribution < -0.4 is 5.32 Å². The van der Waals surface area contributed by atoms with Crippen molar-refractivity contribution in [2.75, 3.05) is 6.26 Å². The second-order valence-electron chi connectivity index (χ2n) is 6.33. The minimum atomic E-state index is -3.26. The SMILES string of the molecule is C[C@@H](NC(=O)[C@@H]1Cc2ccccc2C(=O)O1)c1ccc(S(C)(=O)=O)cc1. The molecule has 3 rings (SSSR count). The van der Waals surface area contributed by atoms with Crippen molar-refractivity contribution >= 4 is 21.7 Å². The molecule has 6 nitrogen and oxygen atoms in total. The Hall–Kier alpha value is -2.67. The molecule has 0 radical (unpaired) electrons. The van der Waals surface area contributed by atoms with Crippen molar-refractivity contribution in [3.05, 3.63) is 65.2 Å². The lowest BCUT2D eigenvalue weighted by Gasteiger charge is -2.25. The normalized spacial score (nSPS) is 17.8. The summed E-state index contributed by atoms with van der Waals surface area (Å²) in [6, 6.07) is 13.0. The van der Waals surface area contributed by atoms with E-state index in [2.05, 4.69) is 5.32 Å². The topological polar surface area (TPSA) is 89.5 Å². The molecule has 0 unspecified atom stereocenters. The molecule has 2 aromatic rings. The highest BCUT2D eigenvalue weighted by Crippen LogP contribution is 2.22. The van der Waals surface area contributed by atoms with Crippen LogP contribution in [0, 0.1) is 0 Å². The molecule has 2 atom stereocenters. The van der Waals surface area contributed by atoms with E-state index in [1.165, 1.54) is 12.1 Å². The quantitative estimate of drug-likeness (QED) is 0.829. The van der Waals surface area contributed by atoms with Crippen molar-refractivity contribution in [2.24, 2.45) is 0 Å². The number of rotatable bonds is 4. The summed E-state index contributed by atoms with van der Waals surface area (Å²) in [5.41, 5.74) is 2.03. The molecule has 1 aliphatic rings. The van der Waals surface area contributed by atoms with Crippen LogP contribution in [0.15, 0.2) is 53.4 Å². The van der Waals surface area contributed by atoms with Gasteiger partial charge in [-0.2, -0.15) is 0 Å². The van der Waals surface area contributed by atoms with Crippen LogP contribution in [0.25, 0.3) is 0 Å². The average molecular weight is 373 g/mol. The highest BCUT2D eigenvalue weighted by atomic mass is 32.2. The van der Waals surface area contributed by atoms with E-state index in [0.29, 0.717) is 12.0 Å². The third-order valence-corrected chi connectivity index (χ3v) is 5.48. The fraction of sp³-hybridized carbons (Fsp3) is 0.263. The molecule has 1 aliphatic heterocycles. The molecular weight excluding hydrogens is 354 g/mol. The van der Waals surface area contributed by atoms with Crippen LogP contribution in [-0.4, -0.2) is 32.7 Å². The zero-order valence-electron chi connectivity index (χ0n) is 14.4. The van der Waals surface area contributed by atoms with Crippen molar-refractivity contribution in [1.29, 1.82) is 0 Å². The summed E-state index contributed by atoms with van der Waals surface area (Å²) in [7, 11) is -3.26. The Morgan fingerprint density at radius 3 is 2.46 bits per heavy atom. The van der Waals surface area contributed by atoms with E-state index < -0.39 is 21.9 Å². The maximum absolute atomic E-state index is 12.5. The van der Waals surface area contributed by atoms with E-state index in [1.54, 1.807) is 31.2 Å². The van der Waals surface area contributed by atoms with Gasteiger partial charge in [0.25, 0.3) is 5.91 Å². The van der Waals surface area contributed by atoms with Gasteiger partial charge in [0.05, 0.1) is 16.5 Å². The van der Waals surface area contributed by atoms with Crippen LogP contribution in [0.3, 0.4) is 0 Å². The highest BCUT2D eigenvalue weighted by molar-refractivity contribution is 7.90. The number of carbonyl (C=O) groups excluding carboxylic acids is 2. The fourth-order valence-corrected chi connectivity index (χ4v) is 3.50. The van der Waals surface area contributed by atoms with Crippen molar-refractivity contribution in [3.8, 4) is 0 Å². The van der Waals surface area contributed by atoms with E-state index in [4.69, 9.17) is 4.74 Å². The Kier molecular flexibility index (Phi) is 4.82. The largest absolute Gasteiger partial charge is 0.448 e. The van der Waals surface area contributed by atoms with Gasteiger partial charge >= 0.3 is 5.97 Å².